The van der Waals surface area contributed by atoms with Gasteiger partial charge in [-0.3, -0.25) is 0 Å². The molecule has 0 fully saturated rings. The minimum absolute atomic E-state index is 0.213. The molecule has 6 heteroatoms. The van der Waals surface area contributed by atoms with Crippen molar-refractivity contribution < 1.29 is 14.3 Å². The number of thiophene rings is 1. The molecular weight excluding hydrogens is 306 g/mol. The van der Waals surface area contributed by atoms with Crippen molar-refractivity contribution in [3.8, 4) is 0 Å². The lowest BCUT2D eigenvalue weighted by atomic mass is 10.2. The Hall–Kier alpha value is -1.11. The number of carboxylic acid groups (broad SMARTS) is 1. The van der Waals surface area contributed by atoms with Crippen LogP contribution in [0.4, 0.5) is 0 Å². The van der Waals surface area contributed by atoms with E-state index >= 15 is 0 Å². The summed E-state index contributed by atoms with van der Waals surface area (Å²) in [5, 5.41) is 14.0. The van der Waals surface area contributed by atoms with Crippen LogP contribution in [-0.2, 0) is 13.1 Å². The molecule has 0 saturated heterocycles. The summed E-state index contributed by atoms with van der Waals surface area (Å²) in [5.41, 5.74) is 0.213. The molecule has 90 valence electrons. The van der Waals surface area contributed by atoms with Crippen LogP contribution >= 0.6 is 27.3 Å². The van der Waals surface area contributed by atoms with Gasteiger partial charge in [0.25, 0.3) is 0 Å². The number of carbonyl (C=O) groups is 1. The molecule has 2 N–H and O–H groups in total. The third kappa shape index (κ3) is 3.18. The second-order valence-corrected chi connectivity index (χ2v) is 5.31. The highest BCUT2D eigenvalue weighted by molar-refractivity contribution is 9.10. The van der Waals surface area contributed by atoms with E-state index < -0.39 is 5.97 Å². The summed E-state index contributed by atoms with van der Waals surface area (Å²) >= 11 is 5.02. The smallest absolute Gasteiger partial charge is 0.339 e. The van der Waals surface area contributed by atoms with Gasteiger partial charge in [0.1, 0.15) is 11.3 Å². The van der Waals surface area contributed by atoms with Crippen LogP contribution in [0.3, 0.4) is 0 Å². The minimum atomic E-state index is -0.964. The standard InChI is InChI=1S/C11H10BrNO3S/c12-7-3-8(17-6-7)4-13-5-10-9(11(14)15)1-2-16-10/h1-3,6,13H,4-5H2,(H,14,15). The number of nitrogens with one attached hydrogen (secondary N) is 1. The summed E-state index contributed by atoms with van der Waals surface area (Å²) in [5.74, 6) is -0.512. The summed E-state index contributed by atoms with van der Waals surface area (Å²) in [6.07, 6.45) is 1.39. The topological polar surface area (TPSA) is 62.5 Å². The normalized spacial score (nSPS) is 10.6. The van der Waals surface area contributed by atoms with Crippen molar-refractivity contribution in [2.24, 2.45) is 0 Å². The van der Waals surface area contributed by atoms with Gasteiger partial charge in [-0.25, -0.2) is 4.79 Å². The highest BCUT2D eigenvalue weighted by atomic mass is 79.9. The lowest BCUT2D eigenvalue weighted by Crippen LogP contribution is -2.13. The highest BCUT2D eigenvalue weighted by Crippen LogP contribution is 2.19. The Morgan fingerprint density at radius 3 is 3.00 bits per heavy atom. The van der Waals surface area contributed by atoms with E-state index in [9.17, 15) is 4.79 Å². The summed E-state index contributed by atoms with van der Waals surface area (Å²) in [7, 11) is 0. The van der Waals surface area contributed by atoms with E-state index in [-0.39, 0.29) is 5.56 Å². The first-order valence-corrected chi connectivity index (χ1v) is 6.57. The summed E-state index contributed by atoms with van der Waals surface area (Å²) in [4.78, 5) is 12.0. The average Bonchev–Trinajstić information content (AvgIpc) is 2.87. The van der Waals surface area contributed by atoms with Crippen LogP contribution in [0, 0.1) is 0 Å². The number of rotatable bonds is 5. The molecule has 0 radical (unpaired) electrons. The van der Waals surface area contributed by atoms with Gasteiger partial charge in [-0.15, -0.1) is 11.3 Å². The zero-order chi connectivity index (χ0) is 12.3. The molecule has 0 bridgehead atoms. The van der Waals surface area contributed by atoms with Gasteiger partial charge in [-0.1, -0.05) is 0 Å². The lowest BCUT2D eigenvalue weighted by molar-refractivity contribution is 0.0694. The molecule has 0 atom stereocenters. The van der Waals surface area contributed by atoms with Crippen LogP contribution in [0.2, 0.25) is 0 Å². The van der Waals surface area contributed by atoms with Crippen molar-refractivity contribution >= 4 is 33.2 Å². The number of aromatic carboxylic acids is 1. The first-order valence-electron chi connectivity index (χ1n) is 4.90. The molecule has 0 spiro atoms. The van der Waals surface area contributed by atoms with Crippen molar-refractivity contribution in [2.75, 3.05) is 0 Å². The molecule has 17 heavy (non-hydrogen) atoms. The third-order valence-electron chi connectivity index (χ3n) is 2.18. The van der Waals surface area contributed by atoms with Gasteiger partial charge in [-0.05, 0) is 28.1 Å². The van der Waals surface area contributed by atoms with E-state index in [4.69, 9.17) is 9.52 Å². The molecule has 2 aromatic heterocycles. The first-order chi connectivity index (χ1) is 8.16. The van der Waals surface area contributed by atoms with Gasteiger partial charge in [-0.2, -0.15) is 0 Å². The van der Waals surface area contributed by atoms with Crippen molar-refractivity contribution in [3.05, 3.63) is 44.4 Å². The predicted octanol–water partition coefficient (Wildman–Crippen LogP) is 3.09. The molecule has 0 aliphatic carbocycles. The number of carboxylic acids is 1. The monoisotopic (exact) mass is 315 g/mol. The predicted molar refractivity (Wildman–Crippen MR) is 68.2 cm³/mol. The molecular formula is C11H10BrNO3S. The van der Waals surface area contributed by atoms with Gasteiger partial charge in [0.15, 0.2) is 0 Å². The molecule has 0 amide bonds. The zero-order valence-corrected chi connectivity index (χ0v) is 11.2. The van der Waals surface area contributed by atoms with Crippen molar-refractivity contribution in [2.45, 2.75) is 13.1 Å². The molecule has 2 rings (SSSR count). The number of halogens is 1. The summed E-state index contributed by atoms with van der Waals surface area (Å²) < 4.78 is 6.18. The van der Waals surface area contributed by atoms with E-state index in [0.717, 1.165) is 4.47 Å². The maximum Gasteiger partial charge on any atom is 0.339 e. The highest BCUT2D eigenvalue weighted by Gasteiger charge is 2.12. The maximum atomic E-state index is 10.8. The summed E-state index contributed by atoms with van der Waals surface area (Å²) in [6.45, 7) is 1.10. The van der Waals surface area contributed by atoms with E-state index in [0.29, 0.717) is 18.8 Å². The zero-order valence-electron chi connectivity index (χ0n) is 8.77. The second-order valence-electron chi connectivity index (χ2n) is 3.40. The Kier molecular flexibility index (Phi) is 3.98. The van der Waals surface area contributed by atoms with Crippen molar-refractivity contribution in [3.63, 3.8) is 0 Å². The van der Waals surface area contributed by atoms with Crippen molar-refractivity contribution in [1.82, 2.24) is 5.32 Å². The van der Waals surface area contributed by atoms with E-state index in [1.165, 1.54) is 17.2 Å². The number of furan rings is 1. The van der Waals surface area contributed by atoms with Crippen LogP contribution in [0.25, 0.3) is 0 Å². The van der Waals surface area contributed by atoms with E-state index in [1.807, 2.05) is 11.4 Å². The van der Waals surface area contributed by atoms with Gasteiger partial charge < -0.3 is 14.8 Å². The van der Waals surface area contributed by atoms with Crippen LogP contribution in [0.5, 0.6) is 0 Å². The van der Waals surface area contributed by atoms with E-state index in [2.05, 4.69) is 21.2 Å². The Morgan fingerprint density at radius 1 is 1.53 bits per heavy atom. The van der Waals surface area contributed by atoms with Gasteiger partial charge in [0, 0.05) is 21.3 Å². The fraction of sp³-hybridized carbons (Fsp3) is 0.182. The summed E-state index contributed by atoms with van der Waals surface area (Å²) in [6, 6.07) is 3.49. The Morgan fingerprint density at radius 2 is 2.35 bits per heavy atom. The lowest BCUT2D eigenvalue weighted by Gasteiger charge is -2.01. The minimum Gasteiger partial charge on any atom is -0.478 e. The quantitative estimate of drug-likeness (QED) is 0.890. The van der Waals surface area contributed by atoms with Gasteiger partial charge in [0.05, 0.1) is 12.8 Å². The molecule has 4 nitrogen and oxygen atoms in total. The second kappa shape index (κ2) is 5.48. The Labute approximate surface area is 110 Å². The number of hydrogen-bond acceptors (Lipinski definition) is 4. The van der Waals surface area contributed by atoms with Crippen LogP contribution in [0.15, 0.2) is 32.7 Å². The largest absolute Gasteiger partial charge is 0.478 e. The SMILES string of the molecule is O=C(O)c1ccoc1CNCc1cc(Br)cs1. The molecule has 2 heterocycles. The number of hydrogen-bond donors (Lipinski definition) is 2. The average molecular weight is 316 g/mol. The fourth-order valence-electron chi connectivity index (χ4n) is 1.41. The molecule has 0 unspecified atom stereocenters. The molecule has 2 aromatic rings. The van der Waals surface area contributed by atoms with E-state index in [1.54, 1.807) is 11.3 Å². The Bertz CT molecular complexity index is 520. The molecule has 0 aliphatic heterocycles. The maximum absolute atomic E-state index is 10.8. The van der Waals surface area contributed by atoms with Crippen LogP contribution in [0.1, 0.15) is 21.0 Å². The first kappa shape index (κ1) is 12.3. The molecule has 0 aliphatic rings. The van der Waals surface area contributed by atoms with Gasteiger partial charge in [0.2, 0.25) is 0 Å². The van der Waals surface area contributed by atoms with Gasteiger partial charge >= 0.3 is 5.97 Å². The van der Waals surface area contributed by atoms with Crippen LogP contribution in [-0.4, -0.2) is 11.1 Å². The third-order valence-corrected chi connectivity index (χ3v) is 3.88. The fourth-order valence-corrected chi connectivity index (χ4v) is 2.83. The molecule has 0 saturated carbocycles. The van der Waals surface area contributed by atoms with Crippen LogP contribution < -0.4 is 5.32 Å². The van der Waals surface area contributed by atoms with Crippen molar-refractivity contribution in [1.29, 1.82) is 0 Å². The Balaban J connectivity index is 1.90. The molecule has 0 aromatic carbocycles.